The van der Waals surface area contributed by atoms with E-state index in [9.17, 15) is 4.79 Å². The van der Waals surface area contributed by atoms with Crippen LogP contribution in [0, 0.1) is 20.8 Å². The number of benzene rings is 1. The van der Waals surface area contributed by atoms with Crippen molar-refractivity contribution in [2.45, 2.75) is 27.3 Å². The number of nitrogens with zero attached hydrogens (tertiary/aromatic N) is 2. The summed E-state index contributed by atoms with van der Waals surface area (Å²) in [7, 11) is 0. The molecule has 0 unspecified atom stereocenters. The number of aryl methyl sites for hydroxylation is 3. The van der Waals surface area contributed by atoms with E-state index in [0.29, 0.717) is 23.9 Å². The number of anilines is 2. The zero-order valence-corrected chi connectivity index (χ0v) is 14.5. The highest BCUT2D eigenvalue weighted by atomic mass is 16.3. The molecule has 25 heavy (non-hydrogen) atoms. The van der Waals surface area contributed by atoms with Gasteiger partial charge in [-0.3, -0.25) is 4.79 Å². The number of furan rings is 1. The first-order valence-corrected chi connectivity index (χ1v) is 8.02. The molecule has 2 aromatic heterocycles. The normalized spacial score (nSPS) is 10.5. The Kier molecular flexibility index (Phi) is 4.79. The zero-order chi connectivity index (χ0) is 17.8. The summed E-state index contributed by atoms with van der Waals surface area (Å²) in [6.07, 6.45) is 1.61. The Morgan fingerprint density at radius 2 is 1.96 bits per heavy atom. The maximum atomic E-state index is 12.5. The number of nitrogens with one attached hydrogen (secondary N) is 2. The van der Waals surface area contributed by atoms with E-state index in [2.05, 4.69) is 20.6 Å². The first-order valence-electron chi connectivity index (χ1n) is 8.02. The Morgan fingerprint density at radius 1 is 1.12 bits per heavy atom. The summed E-state index contributed by atoms with van der Waals surface area (Å²) in [4.78, 5) is 21.1. The molecule has 6 nitrogen and oxygen atoms in total. The topological polar surface area (TPSA) is 80.0 Å². The summed E-state index contributed by atoms with van der Waals surface area (Å²) in [5, 5.41) is 5.97. The van der Waals surface area contributed by atoms with Gasteiger partial charge < -0.3 is 15.1 Å². The third kappa shape index (κ3) is 4.23. The predicted molar refractivity (Wildman–Crippen MR) is 96.7 cm³/mol. The molecule has 0 saturated carbocycles. The van der Waals surface area contributed by atoms with Crippen molar-refractivity contribution in [3.63, 3.8) is 0 Å². The summed E-state index contributed by atoms with van der Waals surface area (Å²) in [5.41, 5.74) is 3.96. The average Bonchev–Trinajstić information content (AvgIpc) is 3.08. The van der Waals surface area contributed by atoms with Crippen LogP contribution in [0.15, 0.2) is 47.1 Å². The fraction of sp³-hybridized carbons (Fsp3) is 0.211. The molecule has 0 saturated heterocycles. The van der Waals surface area contributed by atoms with Crippen LogP contribution >= 0.6 is 0 Å². The Morgan fingerprint density at radius 3 is 2.68 bits per heavy atom. The van der Waals surface area contributed by atoms with E-state index in [0.717, 1.165) is 22.6 Å². The first-order chi connectivity index (χ1) is 12.0. The molecule has 0 aliphatic carbocycles. The minimum Gasteiger partial charge on any atom is -0.467 e. The lowest BCUT2D eigenvalue weighted by Crippen LogP contribution is -2.16. The highest BCUT2D eigenvalue weighted by Gasteiger charge is 2.12. The van der Waals surface area contributed by atoms with Crippen molar-refractivity contribution in [2.75, 3.05) is 10.6 Å². The van der Waals surface area contributed by atoms with E-state index in [4.69, 9.17) is 4.42 Å². The molecule has 1 aromatic carbocycles. The van der Waals surface area contributed by atoms with Crippen LogP contribution in [0.4, 0.5) is 11.6 Å². The van der Waals surface area contributed by atoms with Crippen LogP contribution in [0.25, 0.3) is 0 Å². The minimum atomic E-state index is -0.265. The fourth-order valence-corrected chi connectivity index (χ4v) is 2.48. The lowest BCUT2D eigenvalue weighted by atomic mass is 10.1. The van der Waals surface area contributed by atoms with E-state index in [1.54, 1.807) is 12.3 Å². The van der Waals surface area contributed by atoms with Gasteiger partial charge in [0.15, 0.2) is 0 Å². The number of aromatic nitrogens is 2. The number of carbonyl (C=O) groups excluding carboxylic acids is 1. The molecular formula is C19H20N4O2. The molecule has 3 rings (SSSR count). The number of carbonyl (C=O) groups is 1. The van der Waals surface area contributed by atoms with Crippen LogP contribution in [-0.2, 0) is 6.54 Å². The smallest absolute Gasteiger partial charge is 0.274 e. The van der Waals surface area contributed by atoms with E-state index in [1.807, 2.05) is 51.1 Å². The van der Waals surface area contributed by atoms with E-state index in [1.165, 1.54) is 0 Å². The number of hydrogen-bond donors (Lipinski definition) is 2. The molecule has 0 aliphatic heterocycles. The van der Waals surface area contributed by atoms with Crippen molar-refractivity contribution in [1.29, 1.82) is 0 Å². The van der Waals surface area contributed by atoms with Crippen LogP contribution in [0.2, 0.25) is 0 Å². The van der Waals surface area contributed by atoms with Crippen LogP contribution in [-0.4, -0.2) is 15.9 Å². The standard InChI is InChI=1S/C19H20N4O2/c1-12-6-7-16(13(2)9-12)22-18(24)17-10-14(3)21-19(23-17)20-11-15-5-4-8-25-15/h4-10H,11H2,1-3H3,(H,22,24)(H,20,21,23). The monoisotopic (exact) mass is 336 g/mol. The Balaban J connectivity index is 1.75. The van der Waals surface area contributed by atoms with Crippen molar-refractivity contribution in [3.8, 4) is 0 Å². The van der Waals surface area contributed by atoms with Gasteiger partial charge in [-0.15, -0.1) is 0 Å². The van der Waals surface area contributed by atoms with E-state index in [-0.39, 0.29) is 5.91 Å². The molecule has 0 bridgehead atoms. The van der Waals surface area contributed by atoms with Crippen molar-refractivity contribution < 1.29 is 9.21 Å². The average molecular weight is 336 g/mol. The predicted octanol–water partition coefficient (Wildman–Crippen LogP) is 3.86. The lowest BCUT2D eigenvalue weighted by molar-refractivity contribution is 0.102. The van der Waals surface area contributed by atoms with Crippen LogP contribution < -0.4 is 10.6 Å². The van der Waals surface area contributed by atoms with Crippen molar-refractivity contribution in [3.05, 3.63) is 70.9 Å². The molecule has 3 aromatic rings. The van der Waals surface area contributed by atoms with Gasteiger partial charge in [-0.05, 0) is 50.6 Å². The summed E-state index contributed by atoms with van der Waals surface area (Å²) >= 11 is 0. The molecule has 2 heterocycles. The summed E-state index contributed by atoms with van der Waals surface area (Å²) in [5.74, 6) is 0.895. The van der Waals surface area contributed by atoms with Gasteiger partial charge >= 0.3 is 0 Å². The molecular weight excluding hydrogens is 316 g/mol. The van der Waals surface area contributed by atoms with Gasteiger partial charge in [0.05, 0.1) is 12.8 Å². The molecule has 1 amide bonds. The van der Waals surface area contributed by atoms with Crippen molar-refractivity contribution in [1.82, 2.24) is 9.97 Å². The minimum absolute atomic E-state index is 0.265. The molecule has 2 N–H and O–H groups in total. The third-order valence-corrected chi connectivity index (χ3v) is 3.72. The zero-order valence-electron chi connectivity index (χ0n) is 14.5. The van der Waals surface area contributed by atoms with Crippen LogP contribution in [0.1, 0.15) is 33.1 Å². The molecule has 0 fully saturated rings. The number of amides is 1. The van der Waals surface area contributed by atoms with Crippen LogP contribution in [0.5, 0.6) is 0 Å². The quantitative estimate of drug-likeness (QED) is 0.739. The highest BCUT2D eigenvalue weighted by molar-refractivity contribution is 6.03. The van der Waals surface area contributed by atoms with E-state index >= 15 is 0 Å². The third-order valence-electron chi connectivity index (χ3n) is 3.72. The van der Waals surface area contributed by atoms with Gasteiger partial charge in [0, 0.05) is 11.4 Å². The summed E-state index contributed by atoms with van der Waals surface area (Å²) in [6, 6.07) is 11.2. The van der Waals surface area contributed by atoms with Gasteiger partial charge in [-0.1, -0.05) is 17.7 Å². The Labute approximate surface area is 146 Å². The van der Waals surface area contributed by atoms with Gasteiger partial charge in [0.1, 0.15) is 11.5 Å². The van der Waals surface area contributed by atoms with Crippen LogP contribution in [0.3, 0.4) is 0 Å². The van der Waals surface area contributed by atoms with E-state index < -0.39 is 0 Å². The lowest BCUT2D eigenvalue weighted by Gasteiger charge is -2.10. The van der Waals surface area contributed by atoms with Gasteiger partial charge in [0.2, 0.25) is 5.95 Å². The summed E-state index contributed by atoms with van der Waals surface area (Å²) < 4.78 is 5.27. The number of rotatable bonds is 5. The van der Waals surface area contributed by atoms with Gasteiger partial charge in [-0.2, -0.15) is 0 Å². The van der Waals surface area contributed by atoms with Gasteiger partial charge in [-0.25, -0.2) is 9.97 Å². The molecule has 128 valence electrons. The Bertz CT molecular complexity index is 888. The maximum Gasteiger partial charge on any atom is 0.274 e. The second-order valence-electron chi connectivity index (χ2n) is 5.92. The van der Waals surface area contributed by atoms with Crippen molar-refractivity contribution in [2.24, 2.45) is 0 Å². The summed E-state index contributed by atoms with van der Waals surface area (Å²) in [6.45, 7) is 6.26. The highest BCUT2D eigenvalue weighted by Crippen LogP contribution is 2.17. The molecule has 0 aliphatic rings. The van der Waals surface area contributed by atoms with Crippen molar-refractivity contribution >= 4 is 17.5 Å². The molecule has 0 radical (unpaired) electrons. The largest absolute Gasteiger partial charge is 0.467 e. The molecule has 0 spiro atoms. The second kappa shape index (κ2) is 7.17. The SMILES string of the molecule is Cc1ccc(NC(=O)c2cc(C)nc(NCc3ccco3)n2)c(C)c1. The molecule has 0 atom stereocenters. The number of hydrogen-bond acceptors (Lipinski definition) is 5. The van der Waals surface area contributed by atoms with Gasteiger partial charge in [0.25, 0.3) is 5.91 Å². The fourth-order valence-electron chi connectivity index (χ4n) is 2.48. The first kappa shape index (κ1) is 16.7. The maximum absolute atomic E-state index is 12.5. The Hall–Kier alpha value is -3.15. The molecule has 6 heteroatoms. The second-order valence-corrected chi connectivity index (χ2v) is 5.92.